The summed E-state index contributed by atoms with van der Waals surface area (Å²) in [6.07, 6.45) is 0.916. The molecule has 2 aromatic heterocycles. The number of rotatable bonds is 4. The molecule has 0 spiro atoms. The molecule has 1 aliphatic rings. The van der Waals surface area contributed by atoms with Crippen LogP contribution in [-0.4, -0.2) is 37.3 Å². The van der Waals surface area contributed by atoms with Crippen molar-refractivity contribution in [3.8, 4) is 0 Å². The van der Waals surface area contributed by atoms with E-state index in [0.29, 0.717) is 35.1 Å². The van der Waals surface area contributed by atoms with Crippen molar-refractivity contribution >= 4 is 22.9 Å². The molecular weight excluding hydrogens is 332 g/mol. The second kappa shape index (κ2) is 5.79. The zero-order chi connectivity index (χ0) is 19.4. The maximum absolute atomic E-state index is 13.0. The van der Waals surface area contributed by atoms with Crippen LogP contribution in [0.25, 0.3) is 11.0 Å². The normalized spacial score (nSPS) is 16.1. The number of pyridine rings is 1. The molecule has 1 fully saturated rings. The van der Waals surface area contributed by atoms with Crippen LogP contribution < -0.4 is 5.32 Å². The van der Waals surface area contributed by atoms with Crippen molar-refractivity contribution in [3.63, 3.8) is 0 Å². The van der Waals surface area contributed by atoms with Gasteiger partial charge in [-0.05, 0) is 52.5 Å². The maximum Gasteiger partial charge on any atom is 0.329 e. The van der Waals surface area contributed by atoms with E-state index in [-0.39, 0.29) is 17.4 Å². The van der Waals surface area contributed by atoms with E-state index in [1.54, 1.807) is 6.07 Å². The number of amides is 1. The fraction of sp³-hybridized carbons (Fsp3) is 0.579. The van der Waals surface area contributed by atoms with Gasteiger partial charge in [0.05, 0.1) is 22.2 Å². The number of hydrogen-bond donors (Lipinski definition) is 2. The number of aryl methyl sites for hydroxylation is 1. The first-order chi connectivity index (χ1) is 12.0. The van der Waals surface area contributed by atoms with Crippen molar-refractivity contribution in [3.05, 3.63) is 23.0 Å². The molecule has 1 aliphatic carbocycles. The van der Waals surface area contributed by atoms with E-state index >= 15 is 0 Å². The predicted octanol–water partition coefficient (Wildman–Crippen LogP) is 2.97. The standard InChI is InChI=1S/C19H26N4O3/c1-10(2)13-9-12(16(24)21-19(7-8-19)17(25)26)14-11(3)22-23(15(14)20-13)18(4,5)6/h9-10H,7-8H2,1-6H3,(H,21,24)(H,25,26). The third kappa shape index (κ3) is 2.95. The van der Waals surface area contributed by atoms with E-state index < -0.39 is 11.5 Å². The first kappa shape index (κ1) is 18.4. The van der Waals surface area contributed by atoms with Gasteiger partial charge in [-0.3, -0.25) is 4.79 Å². The predicted molar refractivity (Wildman–Crippen MR) is 98.4 cm³/mol. The highest BCUT2D eigenvalue weighted by Gasteiger charge is 2.52. The number of carbonyl (C=O) groups is 2. The third-order valence-electron chi connectivity index (χ3n) is 4.82. The van der Waals surface area contributed by atoms with Gasteiger partial charge in [-0.2, -0.15) is 5.10 Å². The van der Waals surface area contributed by atoms with Crippen LogP contribution in [0.2, 0.25) is 0 Å². The number of carboxylic acid groups (broad SMARTS) is 1. The molecule has 2 N–H and O–H groups in total. The molecule has 7 heteroatoms. The Morgan fingerprint density at radius 1 is 1.31 bits per heavy atom. The summed E-state index contributed by atoms with van der Waals surface area (Å²) in [5.74, 6) is -1.23. The van der Waals surface area contributed by atoms with Crippen LogP contribution >= 0.6 is 0 Å². The van der Waals surface area contributed by atoms with Crippen molar-refractivity contribution in [1.82, 2.24) is 20.1 Å². The minimum Gasteiger partial charge on any atom is -0.480 e. The van der Waals surface area contributed by atoms with Gasteiger partial charge in [-0.15, -0.1) is 0 Å². The van der Waals surface area contributed by atoms with Gasteiger partial charge in [-0.25, -0.2) is 14.5 Å². The van der Waals surface area contributed by atoms with E-state index in [1.807, 2.05) is 46.2 Å². The molecule has 0 atom stereocenters. The molecule has 2 aromatic rings. The van der Waals surface area contributed by atoms with E-state index in [0.717, 1.165) is 5.69 Å². The van der Waals surface area contributed by atoms with Crippen molar-refractivity contribution < 1.29 is 14.7 Å². The zero-order valence-electron chi connectivity index (χ0n) is 16.2. The molecule has 0 bridgehead atoms. The van der Waals surface area contributed by atoms with E-state index in [2.05, 4.69) is 10.4 Å². The van der Waals surface area contributed by atoms with Crippen LogP contribution in [0, 0.1) is 6.92 Å². The smallest absolute Gasteiger partial charge is 0.329 e. The minimum absolute atomic E-state index is 0.129. The van der Waals surface area contributed by atoms with Gasteiger partial charge in [-0.1, -0.05) is 13.8 Å². The molecule has 0 unspecified atom stereocenters. The second-order valence-corrected chi connectivity index (χ2v) is 8.46. The Labute approximate surface area is 152 Å². The fourth-order valence-electron chi connectivity index (χ4n) is 3.05. The first-order valence-electron chi connectivity index (χ1n) is 8.93. The Bertz CT molecular complexity index is 902. The SMILES string of the molecule is Cc1nn(C(C)(C)C)c2nc(C(C)C)cc(C(=O)NC3(C(=O)O)CC3)c12. The average Bonchev–Trinajstić information content (AvgIpc) is 3.22. The van der Waals surface area contributed by atoms with Crippen molar-refractivity contribution in [2.24, 2.45) is 0 Å². The molecule has 0 aromatic carbocycles. The molecular formula is C19H26N4O3. The molecule has 7 nitrogen and oxygen atoms in total. The lowest BCUT2D eigenvalue weighted by molar-refractivity contribution is -0.140. The van der Waals surface area contributed by atoms with E-state index in [1.165, 1.54) is 0 Å². The summed E-state index contributed by atoms with van der Waals surface area (Å²) in [5, 5.41) is 17.4. The van der Waals surface area contributed by atoms with E-state index in [9.17, 15) is 14.7 Å². The molecule has 140 valence electrons. The Kier molecular flexibility index (Phi) is 4.09. The van der Waals surface area contributed by atoms with Gasteiger partial charge in [0.25, 0.3) is 5.91 Å². The van der Waals surface area contributed by atoms with Gasteiger partial charge in [0.2, 0.25) is 0 Å². The van der Waals surface area contributed by atoms with Crippen molar-refractivity contribution in [2.75, 3.05) is 0 Å². The summed E-state index contributed by atoms with van der Waals surface area (Å²) in [6, 6.07) is 1.77. The summed E-state index contributed by atoms with van der Waals surface area (Å²) in [5.41, 5.74) is 1.18. The molecule has 0 saturated heterocycles. The highest BCUT2D eigenvalue weighted by atomic mass is 16.4. The molecule has 0 radical (unpaired) electrons. The molecule has 3 rings (SSSR count). The average molecular weight is 358 g/mol. The largest absolute Gasteiger partial charge is 0.480 e. The van der Waals surface area contributed by atoms with Crippen LogP contribution in [0.5, 0.6) is 0 Å². The molecule has 0 aliphatic heterocycles. The highest BCUT2D eigenvalue weighted by molar-refractivity contribution is 6.08. The quantitative estimate of drug-likeness (QED) is 0.876. The number of carbonyl (C=O) groups excluding carboxylic acids is 1. The molecule has 26 heavy (non-hydrogen) atoms. The number of carboxylic acids is 1. The van der Waals surface area contributed by atoms with Crippen LogP contribution in [0.1, 0.15) is 75.1 Å². The van der Waals surface area contributed by atoms with Gasteiger partial charge in [0, 0.05) is 5.69 Å². The number of aromatic nitrogens is 3. The fourth-order valence-corrected chi connectivity index (χ4v) is 3.05. The lowest BCUT2D eigenvalue weighted by Crippen LogP contribution is -2.43. The second-order valence-electron chi connectivity index (χ2n) is 8.46. The Morgan fingerprint density at radius 3 is 2.38 bits per heavy atom. The summed E-state index contributed by atoms with van der Waals surface area (Å²) >= 11 is 0. The molecule has 1 saturated carbocycles. The lowest BCUT2D eigenvalue weighted by atomic mass is 10.0. The first-order valence-corrected chi connectivity index (χ1v) is 8.93. The summed E-state index contributed by atoms with van der Waals surface area (Å²) < 4.78 is 1.84. The van der Waals surface area contributed by atoms with Crippen molar-refractivity contribution in [2.45, 2.75) is 71.4 Å². The number of nitrogens with zero attached hydrogens (tertiary/aromatic N) is 3. The Hall–Kier alpha value is -2.44. The Morgan fingerprint density at radius 2 is 1.92 bits per heavy atom. The van der Waals surface area contributed by atoms with Gasteiger partial charge >= 0.3 is 5.97 Å². The number of fused-ring (bicyclic) bond motifs is 1. The third-order valence-corrected chi connectivity index (χ3v) is 4.82. The highest BCUT2D eigenvalue weighted by Crippen LogP contribution is 2.36. The van der Waals surface area contributed by atoms with Gasteiger partial charge < -0.3 is 10.4 Å². The number of nitrogens with one attached hydrogen (secondary N) is 1. The van der Waals surface area contributed by atoms with Crippen LogP contribution in [-0.2, 0) is 10.3 Å². The molecule has 2 heterocycles. The maximum atomic E-state index is 13.0. The van der Waals surface area contributed by atoms with Gasteiger partial charge in [0.1, 0.15) is 5.54 Å². The van der Waals surface area contributed by atoms with Gasteiger partial charge in [0.15, 0.2) is 5.65 Å². The topological polar surface area (TPSA) is 97.1 Å². The number of hydrogen-bond acceptors (Lipinski definition) is 4. The summed E-state index contributed by atoms with van der Waals surface area (Å²) in [4.78, 5) is 29.2. The zero-order valence-corrected chi connectivity index (χ0v) is 16.2. The van der Waals surface area contributed by atoms with Crippen LogP contribution in [0.15, 0.2) is 6.07 Å². The molecule has 1 amide bonds. The summed E-state index contributed by atoms with van der Waals surface area (Å²) in [6.45, 7) is 12.0. The monoisotopic (exact) mass is 358 g/mol. The number of aliphatic carboxylic acids is 1. The van der Waals surface area contributed by atoms with Crippen LogP contribution in [0.3, 0.4) is 0 Å². The minimum atomic E-state index is -1.13. The van der Waals surface area contributed by atoms with Crippen molar-refractivity contribution in [1.29, 1.82) is 0 Å². The lowest BCUT2D eigenvalue weighted by Gasteiger charge is -2.21. The van der Waals surface area contributed by atoms with E-state index in [4.69, 9.17) is 4.98 Å². The summed E-state index contributed by atoms with van der Waals surface area (Å²) in [7, 11) is 0. The van der Waals surface area contributed by atoms with Crippen LogP contribution in [0.4, 0.5) is 0 Å². The Balaban J connectivity index is 2.19.